The Morgan fingerprint density at radius 2 is 1.71 bits per heavy atom. The van der Waals surface area contributed by atoms with Gasteiger partial charge in [0, 0.05) is 23.9 Å². The first-order chi connectivity index (χ1) is 17.0. The molecule has 35 heavy (non-hydrogen) atoms. The molecule has 0 saturated carbocycles. The van der Waals surface area contributed by atoms with E-state index in [9.17, 15) is 9.59 Å². The summed E-state index contributed by atoms with van der Waals surface area (Å²) in [7, 11) is 1.54. The molecule has 8 heteroatoms. The molecular formula is C27H26N5O2S+. The molecule has 1 aliphatic heterocycles. The van der Waals surface area contributed by atoms with Gasteiger partial charge in [0.2, 0.25) is 12.1 Å². The lowest BCUT2D eigenvalue weighted by Crippen LogP contribution is -2.53. The van der Waals surface area contributed by atoms with Crippen molar-refractivity contribution >= 4 is 35.8 Å². The van der Waals surface area contributed by atoms with E-state index in [0.29, 0.717) is 11.4 Å². The number of benzodiazepines with no additional fused rings is 1. The summed E-state index contributed by atoms with van der Waals surface area (Å²) < 4.78 is 0. The predicted octanol–water partition coefficient (Wildman–Crippen LogP) is 3.25. The summed E-state index contributed by atoms with van der Waals surface area (Å²) in [6, 6.07) is 28.7. The maximum atomic E-state index is 13.9. The zero-order chi connectivity index (χ0) is 24.8. The van der Waals surface area contributed by atoms with Gasteiger partial charge in [-0.15, -0.1) is 0 Å². The number of carbonyl (C=O) groups excluding carboxylic acids is 2. The Labute approximate surface area is 210 Å². The van der Waals surface area contributed by atoms with E-state index in [0.717, 1.165) is 16.7 Å². The van der Waals surface area contributed by atoms with E-state index in [1.165, 1.54) is 16.8 Å². The van der Waals surface area contributed by atoms with Crippen LogP contribution in [0, 0.1) is 6.07 Å². The molecule has 3 aromatic rings. The van der Waals surface area contributed by atoms with E-state index in [-0.39, 0.29) is 18.3 Å². The Hall–Kier alpha value is -3.93. The fourth-order valence-corrected chi connectivity index (χ4v) is 3.97. The molecular weight excluding hydrogens is 458 g/mol. The van der Waals surface area contributed by atoms with Crippen LogP contribution in [0.1, 0.15) is 16.7 Å². The second-order valence-electron chi connectivity index (χ2n) is 8.02. The lowest BCUT2D eigenvalue weighted by Gasteiger charge is -2.27. The molecule has 2 amide bonds. The quantitative estimate of drug-likeness (QED) is 0.546. The predicted molar refractivity (Wildman–Crippen MR) is 142 cm³/mol. The summed E-state index contributed by atoms with van der Waals surface area (Å²) >= 11 is 4.14. The Morgan fingerprint density at radius 3 is 2.40 bits per heavy atom. The average Bonchev–Trinajstić information content (AvgIpc) is 3.03. The van der Waals surface area contributed by atoms with Crippen molar-refractivity contribution in [1.29, 1.82) is 0 Å². The average molecular weight is 485 g/mol. The number of carbonyl (C=O) groups is 2. The number of benzene rings is 3. The monoisotopic (exact) mass is 484 g/mol. The number of hydrogen-bond acceptors (Lipinski definition) is 5. The highest BCUT2D eigenvalue weighted by Crippen LogP contribution is 2.29. The number of amides is 2. The Morgan fingerprint density at radius 1 is 1.09 bits per heavy atom. The van der Waals surface area contributed by atoms with Gasteiger partial charge in [-0.2, -0.15) is 12.6 Å². The number of hydrogen-bond donors (Lipinski definition) is 2. The molecule has 2 N–H and O–H groups in total. The van der Waals surface area contributed by atoms with Crippen molar-refractivity contribution in [2.75, 3.05) is 24.4 Å². The number of nitrogens with two attached hydrogens (primary N) is 1. The lowest BCUT2D eigenvalue weighted by molar-refractivity contribution is -0.138. The van der Waals surface area contributed by atoms with Crippen LogP contribution in [0.2, 0.25) is 0 Å². The highest BCUT2D eigenvalue weighted by atomic mass is 32.1. The zero-order valence-electron chi connectivity index (χ0n) is 19.3. The van der Waals surface area contributed by atoms with E-state index in [1.54, 1.807) is 0 Å². The number of aliphatic imine (C=N–C) groups is 1. The SMILES string of the molecule is CN(C(=O)C(N)CS)C1N=C(c2ccccc2)c2ccccc2N(C[N+]#Cc2ccccc2)C1=O. The smallest absolute Gasteiger partial charge is 0.319 e. The third kappa shape index (κ3) is 5.27. The topological polar surface area (TPSA) is 83.4 Å². The van der Waals surface area contributed by atoms with Crippen LogP contribution in [-0.4, -0.2) is 54.1 Å². The maximum absolute atomic E-state index is 13.9. The van der Waals surface area contributed by atoms with Crippen LogP contribution in [0.5, 0.6) is 0 Å². The summed E-state index contributed by atoms with van der Waals surface area (Å²) in [5.74, 6) is -0.649. The second kappa shape index (κ2) is 11.0. The summed E-state index contributed by atoms with van der Waals surface area (Å²) in [5.41, 5.74) is 9.61. The van der Waals surface area contributed by atoms with Gasteiger partial charge in [-0.3, -0.25) is 9.59 Å². The summed E-state index contributed by atoms with van der Waals surface area (Å²) in [6.07, 6.45) is -1.12. The molecule has 2 unspecified atom stereocenters. The van der Waals surface area contributed by atoms with E-state index in [1.807, 2.05) is 84.9 Å². The van der Waals surface area contributed by atoms with Crippen LogP contribution < -0.4 is 10.6 Å². The number of thiol groups is 1. The molecule has 1 aliphatic rings. The fraction of sp³-hybridized carbons (Fsp3) is 0.185. The largest absolute Gasteiger partial charge is 0.345 e. The summed E-state index contributed by atoms with van der Waals surface area (Å²) in [6.45, 7) is 0.0134. The van der Waals surface area contributed by atoms with Crippen molar-refractivity contribution in [3.63, 3.8) is 0 Å². The number of para-hydroxylation sites is 1. The van der Waals surface area contributed by atoms with Gasteiger partial charge < -0.3 is 10.6 Å². The van der Waals surface area contributed by atoms with Crippen LogP contribution in [0.3, 0.4) is 0 Å². The maximum Gasteiger partial charge on any atom is 0.345 e. The minimum atomic E-state index is -1.12. The summed E-state index contributed by atoms with van der Waals surface area (Å²) in [4.78, 5) is 38.8. The standard InChI is InChI=1S/C27H25N5O2S/c1-31(26(33)22(28)17-35)25-27(34)32(18-29-16-19-10-4-2-5-11-19)23-15-9-8-14-21(23)24(30-25)20-12-6-3-7-13-20/h2-15,22,25H,17-18,28H2,1H3/p+1. The van der Waals surface area contributed by atoms with Crippen LogP contribution in [0.15, 0.2) is 89.9 Å². The Kier molecular flexibility index (Phi) is 7.60. The van der Waals surface area contributed by atoms with E-state index >= 15 is 0 Å². The zero-order valence-corrected chi connectivity index (χ0v) is 20.2. The van der Waals surface area contributed by atoms with Crippen molar-refractivity contribution in [2.45, 2.75) is 12.2 Å². The van der Waals surface area contributed by atoms with E-state index in [4.69, 9.17) is 10.7 Å². The first-order valence-corrected chi connectivity index (χ1v) is 11.8. The summed E-state index contributed by atoms with van der Waals surface area (Å²) in [5, 5.41) is 0. The van der Waals surface area contributed by atoms with Crippen molar-refractivity contribution in [1.82, 2.24) is 4.90 Å². The molecule has 1 heterocycles. The third-order valence-corrected chi connectivity index (χ3v) is 6.05. The minimum Gasteiger partial charge on any atom is -0.319 e. The molecule has 176 valence electrons. The molecule has 0 bridgehead atoms. The van der Waals surface area contributed by atoms with Gasteiger partial charge in [0.1, 0.15) is 5.56 Å². The van der Waals surface area contributed by atoms with Crippen LogP contribution in [-0.2, 0) is 9.59 Å². The normalized spacial score (nSPS) is 15.7. The Bertz CT molecular complexity index is 1300. The second-order valence-corrected chi connectivity index (χ2v) is 8.38. The van der Waals surface area contributed by atoms with Crippen molar-refractivity contribution in [3.05, 3.63) is 106 Å². The van der Waals surface area contributed by atoms with Crippen molar-refractivity contribution < 1.29 is 9.59 Å². The number of rotatable bonds is 5. The van der Waals surface area contributed by atoms with E-state index in [2.05, 4.69) is 23.5 Å². The molecule has 0 spiro atoms. The lowest BCUT2D eigenvalue weighted by atomic mass is 10.0. The van der Waals surface area contributed by atoms with Gasteiger partial charge in [0.15, 0.2) is 0 Å². The molecule has 2 atom stereocenters. The van der Waals surface area contributed by atoms with Crippen LogP contribution >= 0.6 is 12.6 Å². The van der Waals surface area contributed by atoms with Gasteiger partial charge in [-0.05, 0) is 18.2 Å². The van der Waals surface area contributed by atoms with Crippen LogP contribution in [0.25, 0.3) is 4.85 Å². The van der Waals surface area contributed by atoms with Crippen molar-refractivity contribution in [2.24, 2.45) is 10.7 Å². The fourth-order valence-electron chi connectivity index (χ4n) is 3.81. The first-order valence-electron chi connectivity index (χ1n) is 11.2. The highest BCUT2D eigenvalue weighted by molar-refractivity contribution is 7.80. The molecule has 4 rings (SSSR count). The van der Waals surface area contributed by atoms with Gasteiger partial charge in [-0.1, -0.05) is 71.6 Å². The molecule has 0 radical (unpaired) electrons. The van der Waals surface area contributed by atoms with Gasteiger partial charge in [0.05, 0.1) is 17.4 Å². The third-order valence-electron chi connectivity index (χ3n) is 5.66. The minimum absolute atomic E-state index is 0.0134. The number of anilines is 1. The Balaban J connectivity index is 1.82. The first kappa shape index (κ1) is 24.2. The number of nitrogens with zero attached hydrogens (tertiary/aromatic N) is 4. The van der Waals surface area contributed by atoms with Gasteiger partial charge >= 0.3 is 12.7 Å². The molecule has 0 fully saturated rings. The van der Waals surface area contributed by atoms with Crippen molar-refractivity contribution in [3.8, 4) is 6.07 Å². The number of fused-ring (bicyclic) bond motifs is 1. The number of likely N-dealkylation sites (N-methyl/N-ethyl adjacent to an activating group) is 1. The van der Waals surface area contributed by atoms with Crippen LogP contribution in [0.4, 0.5) is 5.69 Å². The molecule has 0 saturated heterocycles. The molecule has 0 aliphatic carbocycles. The highest BCUT2D eigenvalue weighted by Gasteiger charge is 2.38. The van der Waals surface area contributed by atoms with Gasteiger partial charge in [-0.25, -0.2) is 9.89 Å². The van der Waals surface area contributed by atoms with E-state index < -0.39 is 18.1 Å². The molecule has 0 aromatic heterocycles. The molecule has 3 aromatic carbocycles. The molecule has 7 nitrogen and oxygen atoms in total. The van der Waals surface area contributed by atoms with Gasteiger partial charge in [0.25, 0.3) is 5.91 Å².